The fourth-order valence-electron chi connectivity index (χ4n) is 4.19. The zero-order valence-electron chi connectivity index (χ0n) is 13.7. The highest BCUT2D eigenvalue weighted by atomic mass is 16.2. The maximum Gasteiger partial charge on any atom is 0.232 e. The second kappa shape index (κ2) is 6.36. The van der Waals surface area contributed by atoms with E-state index in [-0.39, 0.29) is 11.3 Å². The Morgan fingerprint density at radius 3 is 3.25 bits per heavy atom. The van der Waals surface area contributed by atoms with Crippen LogP contribution in [-0.2, 0) is 11.3 Å². The number of benzene rings is 1. The van der Waals surface area contributed by atoms with Gasteiger partial charge in [-0.15, -0.1) is 0 Å². The molecule has 1 saturated heterocycles. The highest BCUT2D eigenvalue weighted by Gasteiger charge is 2.49. The summed E-state index contributed by atoms with van der Waals surface area (Å²) in [5.74, 6) is 0.652. The summed E-state index contributed by atoms with van der Waals surface area (Å²) in [6.45, 7) is 2.43. The average Bonchev–Trinajstić information content (AvgIpc) is 3.24. The number of hydrogen-bond acceptors (Lipinski definition) is 4. The Kier molecular flexibility index (Phi) is 4.06. The maximum absolute atomic E-state index is 13.0. The van der Waals surface area contributed by atoms with Gasteiger partial charge in [0.1, 0.15) is 12.7 Å². The first-order valence-corrected chi connectivity index (χ1v) is 8.70. The first kappa shape index (κ1) is 15.3. The number of rotatable bonds is 4. The Labute approximate surface area is 141 Å². The molecule has 126 valence electrons. The lowest BCUT2D eigenvalue weighted by Gasteiger charge is -2.37. The number of nitrogens with zero attached hydrogens (tertiary/aromatic N) is 3. The van der Waals surface area contributed by atoms with E-state index in [4.69, 9.17) is 0 Å². The van der Waals surface area contributed by atoms with Crippen LogP contribution in [0.2, 0.25) is 0 Å². The van der Waals surface area contributed by atoms with Gasteiger partial charge in [-0.2, -0.15) is 5.10 Å². The third kappa shape index (κ3) is 2.82. The van der Waals surface area contributed by atoms with Crippen LogP contribution in [0.3, 0.4) is 0 Å². The fourth-order valence-corrected chi connectivity index (χ4v) is 4.19. The molecule has 0 radical (unpaired) electrons. The molecule has 2 fully saturated rings. The summed E-state index contributed by atoms with van der Waals surface area (Å²) >= 11 is 0. The SMILES string of the molecule is O=C(Nc1cccc(Cn2cncn2)c1)[C@@]12CCCC[C@H]1CNC2. The van der Waals surface area contributed by atoms with Gasteiger partial charge in [0, 0.05) is 12.2 Å². The van der Waals surface area contributed by atoms with E-state index in [1.165, 1.54) is 12.7 Å². The minimum atomic E-state index is -0.222. The fraction of sp³-hybridized carbons (Fsp3) is 0.500. The normalized spacial score (nSPS) is 26.1. The van der Waals surface area contributed by atoms with Crippen molar-refractivity contribution in [2.45, 2.75) is 32.2 Å². The predicted molar refractivity (Wildman–Crippen MR) is 91.5 cm³/mol. The summed E-state index contributed by atoms with van der Waals surface area (Å²) in [4.78, 5) is 17.0. The van der Waals surface area contributed by atoms with Crippen LogP contribution >= 0.6 is 0 Å². The highest BCUT2D eigenvalue weighted by Crippen LogP contribution is 2.44. The Balaban J connectivity index is 1.49. The van der Waals surface area contributed by atoms with Crippen molar-refractivity contribution >= 4 is 11.6 Å². The minimum Gasteiger partial charge on any atom is -0.326 e. The molecule has 1 amide bonds. The van der Waals surface area contributed by atoms with Crippen molar-refractivity contribution in [1.29, 1.82) is 0 Å². The monoisotopic (exact) mass is 325 g/mol. The molecular formula is C18H23N5O. The van der Waals surface area contributed by atoms with Gasteiger partial charge < -0.3 is 10.6 Å². The standard InChI is InChI=1S/C18H23N5O/c24-17(18-7-2-1-5-15(18)9-19-11-18)22-16-6-3-4-14(8-16)10-23-13-20-12-21-23/h3-4,6,8,12-13,15,19H,1-2,5,7,9-11H2,(H,22,24)/t15-,18+/m0/s1. The second-order valence-corrected chi connectivity index (χ2v) is 6.98. The number of fused-ring (bicyclic) bond motifs is 1. The molecule has 2 N–H and O–H groups in total. The molecule has 0 unspecified atom stereocenters. The smallest absolute Gasteiger partial charge is 0.232 e. The van der Waals surface area contributed by atoms with Crippen molar-refractivity contribution < 1.29 is 4.79 Å². The van der Waals surface area contributed by atoms with Crippen molar-refractivity contribution in [3.8, 4) is 0 Å². The summed E-state index contributed by atoms with van der Waals surface area (Å²) < 4.78 is 1.78. The molecule has 6 heteroatoms. The lowest BCUT2D eigenvalue weighted by Crippen LogP contribution is -2.44. The van der Waals surface area contributed by atoms with E-state index in [1.807, 2.05) is 24.3 Å². The van der Waals surface area contributed by atoms with Crippen molar-refractivity contribution in [3.63, 3.8) is 0 Å². The number of aromatic nitrogens is 3. The molecule has 2 aromatic rings. The van der Waals surface area contributed by atoms with Gasteiger partial charge in [-0.25, -0.2) is 9.67 Å². The minimum absolute atomic E-state index is 0.176. The van der Waals surface area contributed by atoms with Crippen LogP contribution in [0.4, 0.5) is 5.69 Å². The molecule has 4 rings (SSSR count). The first-order valence-electron chi connectivity index (χ1n) is 8.70. The molecule has 2 atom stereocenters. The van der Waals surface area contributed by atoms with E-state index in [0.717, 1.165) is 43.6 Å². The van der Waals surface area contributed by atoms with Crippen molar-refractivity contribution in [2.75, 3.05) is 18.4 Å². The van der Waals surface area contributed by atoms with Crippen LogP contribution in [0.1, 0.15) is 31.2 Å². The molecule has 1 aromatic heterocycles. The van der Waals surface area contributed by atoms with Gasteiger partial charge in [-0.1, -0.05) is 25.0 Å². The van der Waals surface area contributed by atoms with Crippen LogP contribution in [0.25, 0.3) is 0 Å². The lowest BCUT2D eigenvalue weighted by atomic mass is 9.67. The number of carbonyl (C=O) groups is 1. The van der Waals surface area contributed by atoms with E-state index in [2.05, 4.69) is 20.7 Å². The van der Waals surface area contributed by atoms with Gasteiger partial charge in [-0.05, 0) is 43.0 Å². The summed E-state index contributed by atoms with van der Waals surface area (Å²) in [6, 6.07) is 8.00. The van der Waals surface area contributed by atoms with E-state index in [1.54, 1.807) is 11.0 Å². The largest absolute Gasteiger partial charge is 0.326 e. The van der Waals surface area contributed by atoms with Gasteiger partial charge in [0.15, 0.2) is 0 Å². The summed E-state index contributed by atoms with van der Waals surface area (Å²) in [5.41, 5.74) is 1.74. The molecule has 1 aliphatic carbocycles. The van der Waals surface area contributed by atoms with E-state index >= 15 is 0 Å². The Morgan fingerprint density at radius 1 is 1.42 bits per heavy atom. The average molecular weight is 325 g/mol. The van der Waals surface area contributed by atoms with Crippen LogP contribution < -0.4 is 10.6 Å². The maximum atomic E-state index is 13.0. The number of carbonyl (C=O) groups excluding carboxylic acids is 1. The molecule has 24 heavy (non-hydrogen) atoms. The number of nitrogens with one attached hydrogen (secondary N) is 2. The van der Waals surface area contributed by atoms with E-state index in [9.17, 15) is 4.79 Å². The van der Waals surface area contributed by atoms with Crippen molar-refractivity contribution in [2.24, 2.45) is 11.3 Å². The van der Waals surface area contributed by atoms with E-state index < -0.39 is 0 Å². The zero-order valence-corrected chi connectivity index (χ0v) is 13.7. The Morgan fingerprint density at radius 2 is 2.38 bits per heavy atom. The molecule has 0 bridgehead atoms. The summed E-state index contributed by atoms with van der Waals surface area (Å²) in [5, 5.41) is 10.7. The molecule has 1 aliphatic heterocycles. The lowest BCUT2D eigenvalue weighted by molar-refractivity contribution is -0.128. The van der Waals surface area contributed by atoms with Gasteiger partial charge in [0.2, 0.25) is 5.91 Å². The van der Waals surface area contributed by atoms with Gasteiger partial charge in [-0.3, -0.25) is 4.79 Å². The molecule has 6 nitrogen and oxygen atoms in total. The zero-order chi connectivity index (χ0) is 16.4. The molecule has 1 saturated carbocycles. The quantitative estimate of drug-likeness (QED) is 0.902. The third-order valence-corrected chi connectivity index (χ3v) is 5.49. The van der Waals surface area contributed by atoms with Gasteiger partial charge in [0.05, 0.1) is 12.0 Å². The van der Waals surface area contributed by atoms with Crippen LogP contribution in [0.5, 0.6) is 0 Å². The van der Waals surface area contributed by atoms with E-state index in [0.29, 0.717) is 12.5 Å². The molecule has 0 spiro atoms. The van der Waals surface area contributed by atoms with Gasteiger partial charge in [0.25, 0.3) is 0 Å². The third-order valence-electron chi connectivity index (χ3n) is 5.49. The Hall–Kier alpha value is -2.21. The summed E-state index contributed by atoms with van der Waals surface area (Å²) in [6.07, 6.45) is 7.77. The molecular weight excluding hydrogens is 302 g/mol. The second-order valence-electron chi connectivity index (χ2n) is 6.98. The molecule has 2 aliphatic rings. The molecule has 2 heterocycles. The van der Waals surface area contributed by atoms with Gasteiger partial charge >= 0.3 is 0 Å². The predicted octanol–water partition coefficient (Wildman–Crippen LogP) is 2.04. The number of hydrogen-bond donors (Lipinski definition) is 2. The topological polar surface area (TPSA) is 71.8 Å². The van der Waals surface area contributed by atoms with Crippen molar-refractivity contribution in [1.82, 2.24) is 20.1 Å². The summed E-state index contributed by atoms with van der Waals surface area (Å²) in [7, 11) is 0. The number of amides is 1. The van der Waals surface area contributed by atoms with Crippen LogP contribution in [0, 0.1) is 11.3 Å². The van der Waals surface area contributed by atoms with Crippen LogP contribution in [0.15, 0.2) is 36.9 Å². The number of anilines is 1. The van der Waals surface area contributed by atoms with Crippen molar-refractivity contribution in [3.05, 3.63) is 42.5 Å². The molecule has 1 aromatic carbocycles. The Bertz CT molecular complexity index is 714. The first-order chi connectivity index (χ1) is 11.8. The van der Waals surface area contributed by atoms with Crippen LogP contribution in [-0.4, -0.2) is 33.8 Å². The highest BCUT2D eigenvalue weighted by molar-refractivity contribution is 5.96.